The van der Waals surface area contributed by atoms with Crippen LogP contribution in [0, 0.1) is 5.92 Å². The van der Waals surface area contributed by atoms with Crippen LogP contribution in [0.2, 0.25) is 0 Å². The summed E-state index contributed by atoms with van der Waals surface area (Å²) >= 11 is 0. The van der Waals surface area contributed by atoms with E-state index in [-0.39, 0.29) is 11.9 Å². The van der Waals surface area contributed by atoms with Crippen molar-refractivity contribution < 1.29 is 14.3 Å². The molecule has 0 heterocycles. The zero-order valence-electron chi connectivity index (χ0n) is 10.6. The minimum absolute atomic E-state index is 0.238. The van der Waals surface area contributed by atoms with Gasteiger partial charge in [0.05, 0.1) is 12.5 Å². The number of rotatable bonds is 7. The predicted octanol–water partition coefficient (Wildman–Crippen LogP) is 2.80. The summed E-state index contributed by atoms with van der Waals surface area (Å²) in [6.07, 6.45) is 3.56. The molecule has 0 aliphatic carbocycles. The molecule has 0 spiro atoms. The summed E-state index contributed by atoms with van der Waals surface area (Å²) in [5.41, 5.74) is 1.49. The number of benzene rings is 1. The Morgan fingerprint density at radius 3 is 2.78 bits per heavy atom. The summed E-state index contributed by atoms with van der Waals surface area (Å²) in [6, 6.07) is 7.27. The average Bonchev–Trinajstić information content (AvgIpc) is 2.39. The van der Waals surface area contributed by atoms with Gasteiger partial charge in [-0.2, -0.15) is 0 Å². The van der Waals surface area contributed by atoms with Crippen LogP contribution in [0.1, 0.15) is 29.3 Å². The smallest absolute Gasteiger partial charge is 0.309 e. The topological polar surface area (TPSA) is 43.4 Å². The van der Waals surface area contributed by atoms with Crippen LogP contribution in [0.5, 0.6) is 0 Å². The van der Waals surface area contributed by atoms with Crippen LogP contribution in [0.15, 0.2) is 36.9 Å². The third kappa shape index (κ3) is 3.84. The molecule has 1 aromatic rings. The van der Waals surface area contributed by atoms with Crippen molar-refractivity contribution in [3.05, 3.63) is 48.0 Å². The van der Waals surface area contributed by atoms with Gasteiger partial charge in [0.15, 0.2) is 0 Å². The van der Waals surface area contributed by atoms with Gasteiger partial charge in [-0.3, -0.25) is 9.59 Å². The van der Waals surface area contributed by atoms with Gasteiger partial charge < -0.3 is 4.74 Å². The highest BCUT2D eigenvalue weighted by atomic mass is 16.5. The largest absolute Gasteiger partial charge is 0.466 e. The minimum atomic E-state index is -0.274. The van der Waals surface area contributed by atoms with Crippen molar-refractivity contribution in [3.63, 3.8) is 0 Å². The molecule has 0 aliphatic heterocycles. The third-order valence-electron chi connectivity index (χ3n) is 2.72. The van der Waals surface area contributed by atoms with E-state index in [4.69, 9.17) is 4.74 Å². The van der Waals surface area contributed by atoms with Crippen molar-refractivity contribution in [1.82, 2.24) is 0 Å². The van der Waals surface area contributed by atoms with Gasteiger partial charge in [-0.25, -0.2) is 0 Å². The van der Waals surface area contributed by atoms with Gasteiger partial charge in [0.1, 0.15) is 6.29 Å². The number of ether oxygens (including phenoxy) is 1. The molecule has 0 saturated heterocycles. The number of aldehydes is 1. The maximum atomic E-state index is 11.8. The standard InChI is InChI=1S/C15H18O3/c1-3-7-13(15(17)18-4-2)10-12-8-5-6-9-14(12)11-16/h3,5-6,8-9,11,13H,1,4,7,10H2,2H3. The van der Waals surface area contributed by atoms with E-state index < -0.39 is 0 Å². The van der Waals surface area contributed by atoms with E-state index in [1.54, 1.807) is 25.1 Å². The number of allylic oxidation sites excluding steroid dienone is 1. The molecule has 0 saturated carbocycles. The molecule has 3 heteroatoms. The quantitative estimate of drug-likeness (QED) is 0.422. The van der Waals surface area contributed by atoms with Crippen LogP contribution < -0.4 is 0 Å². The fourth-order valence-electron chi connectivity index (χ4n) is 1.82. The van der Waals surface area contributed by atoms with Gasteiger partial charge in [-0.05, 0) is 25.3 Å². The molecule has 0 N–H and O–H groups in total. The summed E-state index contributed by atoms with van der Waals surface area (Å²) < 4.78 is 5.03. The Balaban J connectivity index is 2.85. The van der Waals surface area contributed by atoms with Crippen molar-refractivity contribution >= 4 is 12.3 Å². The third-order valence-corrected chi connectivity index (χ3v) is 2.72. The minimum Gasteiger partial charge on any atom is -0.466 e. The highest BCUT2D eigenvalue weighted by Gasteiger charge is 2.19. The Hall–Kier alpha value is -1.90. The lowest BCUT2D eigenvalue weighted by Gasteiger charge is -2.14. The number of hydrogen-bond donors (Lipinski definition) is 0. The molecule has 0 aliphatic rings. The Kier molecular flexibility index (Phi) is 5.85. The summed E-state index contributed by atoms with van der Waals surface area (Å²) in [4.78, 5) is 22.7. The molecule has 0 aromatic heterocycles. The molecule has 1 unspecified atom stereocenters. The first-order chi connectivity index (χ1) is 8.72. The van der Waals surface area contributed by atoms with Crippen LogP contribution in [0.4, 0.5) is 0 Å². The SMILES string of the molecule is C=CCC(Cc1ccccc1C=O)C(=O)OCC. The zero-order chi connectivity index (χ0) is 13.4. The van der Waals surface area contributed by atoms with Gasteiger partial charge >= 0.3 is 5.97 Å². The van der Waals surface area contributed by atoms with Gasteiger partial charge in [0, 0.05) is 5.56 Å². The van der Waals surface area contributed by atoms with Crippen molar-refractivity contribution in [1.29, 1.82) is 0 Å². The fraction of sp³-hybridized carbons (Fsp3) is 0.333. The molecule has 1 rings (SSSR count). The van der Waals surface area contributed by atoms with Crippen LogP contribution in [0.3, 0.4) is 0 Å². The molecule has 3 nitrogen and oxygen atoms in total. The lowest BCUT2D eigenvalue weighted by molar-refractivity contribution is -0.147. The van der Waals surface area contributed by atoms with Gasteiger partial charge in [0.25, 0.3) is 0 Å². The number of carbonyl (C=O) groups is 2. The van der Waals surface area contributed by atoms with E-state index in [0.717, 1.165) is 11.8 Å². The Morgan fingerprint density at radius 1 is 1.44 bits per heavy atom. The van der Waals surface area contributed by atoms with Crippen molar-refractivity contribution in [3.8, 4) is 0 Å². The van der Waals surface area contributed by atoms with Crippen molar-refractivity contribution in [2.45, 2.75) is 19.8 Å². The molecule has 0 radical (unpaired) electrons. The van der Waals surface area contributed by atoms with Gasteiger partial charge in [-0.1, -0.05) is 30.3 Å². The average molecular weight is 246 g/mol. The van der Waals surface area contributed by atoms with E-state index in [2.05, 4.69) is 6.58 Å². The molecule has 0 bridgehead atoms. The summed E-state index contributed by atoms with van der Waals surface area (Å²) in [5.74, 6) is -0.512. The molecule has 18 heavy (non-hydrogen) atoms. The fourth-order valence-corrected chi connectivity index (χ4v) is 1.82. The second kappa shape index (κ2) is 7.43. The first kappa shape index (κ1) is 14.2. The first-order valence-corrected chi connectivity index (χ1v) is 6.03. The molecule has 0 fully saturated rings. The number of carbonyl (C=O) groups excluding carboxylic acids is 2. The Labute approximate surface area is 107 Å². The highest BCUT2D eigenvalue weighted by molar-refractivity contribution is 5.78. The monoisotopic (exact) mass is 246 g/mol. The second-order valence-electron chi connectivity index (χ2n) is 3.99. The van der Waals surface area contributed by atoms with E-state index in [0.29, 0.717) is 25.0 Å². The van der Waals surface area contributed by atoms with Crippen molar-refractivity contribution in [2.75, 3.05) is 6.61 Å². The van der Waals surface area contributed by atoms with Crippen molar-refractivity contribution in [2.24, 2.45) is 5.92 Å². The predicted molar refractivity (Wildman–Crippen MR) is 70.5 cm³/mol. The Bertz CT molecular complexity index is 424. The zero-order valence-corrected chi connectivity index (χ0v) is 10.6. The highest BCUT2D eigenvalue weighted by Crippen LogP contribution is 2.17. The summed E-state index contributed by atoms with van der Waals surface area (Å²) in [5, 5.41) is 0. The molecule has 96 valence electrons. The second-order valence-corrected chi connectivity index (χ2v) is 3.99. The van der Waals surface area contributed by atoms with E-state index in [9.17, 15) is 9.59 Å². The normalized spacial score (nSPS) is 11.6. The summed E-state index contributed by atoms with van der Waals surface area (Å²) in [6.45, 7) is 5.79. The maximum absolute atomic E-state index is 11.8. The van der Waals surface area contributed by atoms with Gasteiger partial charge in [0.2, 0.25) is 0 Å². The van der Waals surface area contributed by atoms with E-state index >= 15 is 0 Å². The van der Waals surface area contributed by atoms with E-state index in [1.807, 2.05) is 12.1 Å². The van der Waals surface area contributed by atoms with Crippen LogP contribution in [-0.4, -0.2) is 18.9 Å². The van der Waals surface area contributed by atoms with Crippen LogP contribution in [0.25, 0.3) is 0 Å². The lowest BCUT2D eigenvalue weighted by Crippen LogP contribution is -2.20. The lowest BCUT2D eigenvalue weighted by atomic mass is 9.93. The summed E-state index contributed by atoms with van der Waals surface area (Å²) in [7, 11) is 0. The van der Waals surface area contributed by atoms with Crippen LogP contribution in [-0.2, 0) is 16.0 Å². The number of hydrogen-bond acceptors (Lipinski definition) is 3. The maximum Gasteiger partial charge on any atom is 0.309 e. The molecule has 1 aromatic carbocycles. The molecule has 0 amide bonds. The van der Waals surface area contributed by atoms with Gasteiger partial charge in [-0.15, -0.1) is 6.58 Å². The molecule has 1 atom stereocenters. The Morgan fingerprint density at radius 2 is 2.17 bits per heavy atom. The molecular weight excluding hydrogens is 228 g/mol. The molecular formula is C15H18O3. The first-order valence-electron chi connectivity index (χ1n) is 6.03. The van der Waals surface area contributed by atoms with Crippen LogP contribution >= 0.6 is 0 Å². The number of esters is 1. The van der Waals surface area contributed by atoms with E-state index in [1.165, 1.54) is 0 Å².